The van der Waals surface area contributed by atoms with Crippen molar-refractivity contribution in [3.05, 3.63) is 28.2 Å². The van der Waals surface area contributed by atoms with Crippen molar-refractivity contribution in [2.75, 3.05) is 13.7 Å². The van der Waals surface area contributed by atoms with Crippen LogP contribution < -0.4 is 10.1 Å². The Kier molecular flexibility index (Phi) is 6.05. The minimum Gasteiger partial charge on any atom is -0.496 e. The van der Waals surface area contributed by atoms with Gasteiger partial charge in [0.1, 0.15) is 5.75 Å². The van der Waals surface area contributed by atoms with E-state index in [1.807, 2.05) is 0 Å². The Morgan fingerprint density at radius 3 is 2.76 bits per heavy atom. The molecule has 1 N–H and O–H groups in total. The van der Waals surface area contributed by atoms with Gasteiger partial charge in [-0.05, 0) is 40.5 Å². The average Bonchev–Trinajstić information content (AvgIpc) is 2.34. The van der Waals surface area contributed by atoms with Crippen LogP contribution >= 0.6 is 15.9 Å². The van der Waals surface area contributed by atoms with Crippen LogP contribution in [0.3, 0.4) is 0 Å². The van der Waals surface area contributed by atoms with Crippen molar-refractivity contribution in [3.8, 4) is 5.75 Å². The van der Waals surface area contributed by atoms with Gasteiger partial charge < -0.3 is 10.1 Å². The van der Waals surface area contributed by atoms with Crippen LogP contribution in [0, 0.1) is 0 Å². The van der Waals surface area contributed by atoms with Crippen LogP contribution in [-0.2, 0) is 0 Å². The van der Waals surface area contributed by atoms with Gasteiger partial charge in [-0.15, -0.1) is 0 Å². The molecule has 0 bridgehead atoms. The van der Waals surface area contributed by atoms with Gasteiger partial charge in [0.2, 0.25) is 0 Å². The monoisotopic (exact) mass is 299 g/mol. The second kappa shape index (κ2) is 7.33. The van der Waals surface area contributed by atoms with Crippen LogP contribution in [0.2, 0.25) is 0 Å². The van der Waals surface area contributed by atoms with Gasteiger partial charge >= 0.3 is 0 Å². The first-order valence-electron chi connectivity index (χ1n) is 5.80. The third-order valence-electron chi connectivity index (χ3n) is 2.48. The van der Waals surface area contributed by atoms with Crippen LogP contribution in [0.1, 0.15) is 36.5 Å². The number of hydrogen-bond donors (Lipinski definition) is 1. The van der Waals surface area contributed by atoms with Crippen molar-refractivity contribution in [1.82, 2.24) is 5.32 Å². The minimum atomic E-state index is -0.0375. The molecule has 1 aromatic rings. The van der Waals surface area contributed by atoms with E-state index in [9.17, 15) is 4.79 Å². The van der Waals surface area contributed by atoms with E-state index in [4.69, 9.17) is 4.74 Å². The third-order valence-corrected chi connectivity index (χ3v) is 3.10. The fraction of sp³-hybridized carbons (Fsp3) is 0.462. The third kappa shape index (κ3) is 4.38. The summed E-state index contributed by atoms with van der Waals surface area (Å²) in [4.78, 5) is 11.8. The zero-order valence-electron chi connectivity index (χ0n) is 10.3. The number of ether oxygens (including phenoxy) is 1. The summed E-state index contributed by atoms with van der Waals surface area (Å²) in [7, 11) is 1.60. The first kappa shape index (κ1) is 14.0. The summed E-state index contributed by atoms with van der Waals surface area (Å²) in [5, 5.41) is 2.90. The van der Waals surface area contributed by atoms with E-state index in [0.717, 1.165) is 36.0 Å². The van der Waals surface area contributed by atoms with Crippen molar-refractivity contribution in [2.45, 2.75) is 26.2 Å². The topological polar surface area (TPSA) is 38.3 Å². The van der Waals surface area contributed by atoms with Crippen LogP contribution in [0.15, 0.2) is 22.7 Å². The molecule has 1 aromatic carbocycles. The van der Waals surface area contributed by atoms with Gasteiger partial charge in [0.15, 0.2) is 0 Å². The molecule has 0 aliphatic rings. The van der Waals surface area contributed by atoms with Crippen molar-refractivity contribution in [3.63, 3.8) is 0 Å². The highest BCUT2D eigenvalue weighted by Crippen LogP contribution is 2.25. The number of carbonyl (C=O) groups is 1. The number of unbranched alkanes of at least 4 members (excludes halogenated alkanes) is 2. The van der Waals surface area contributed by atoms with Crippen LogP contribution in [0.25, 0.3) is 0 Å². The Balaban J connectivity index is 2.54. The molecule has 0 aliphatic heterocycles. The molecular weight excluding hydrogens is 282 g/mol. The second-order valence-corrected chi connectivity index (χ2v) is 4.67. The standard InChI is InChI=1S/C13H18BrNO2/c1-3-4-5-8-15-13(16)10-6-7-12(17-2)11(14)9-10/h6-7,9H,3-5,8H2,1-2H3,(H,15,16). The summed E-state index contributed by atoms with van der Waals surface area (Å²) in [6, 6.07) is 5.32. The second-order valence-electron chi connectivity index (χ2n) is 3.81. The SMILES string of the molecule is CCCCCNC(=O)c1ccc(OC)c(Br)c1. The van der Waals surface area contributed by atoms with E-state index in [-0.39, 0.29) is 5.91 Å². The summed E-state index contributed by atoms with van der Waals surface area (Å²) in [5.41, 5.74) is 0.647. The first-order valence-corrected chi connectivity index (χ1v) is 6.60. The maximum atomic E-state index is 11.8. The summed E-state index contributed by atoms with van der Waals surface area (Å²) < 4.78 is 5.91. The van der Waals surface area contributed by atoms with Crippen molar-refractivity contribution in [1.29, 1.82) is 0 Å². The van der Waals surface area contributed by atoms with Gasteiger partial charge in [-0.1, -0.05) is 19.8 Å². The van der Waals surface area contributed by atoms with E-state index < -0.39 is 0 Å². The van der Waals surface area contributed by atoms with Gasteiger partial charge in [0, 0.05) is 12.1 Å². The molecule has 17 heavy (non-hydrogen) atoms. The van der Waals surface area contributed by atoms with Crippen LogP contribution in [0.5, 0.6) is 5.75 Å². The quantitative estimate of drug-likeness (QED) is 0.818. The zero-order valence-corrected chi connectivity index (χ0v) is 11.8. The molecule has 1 amide bonds. The molecule has 0 spiro atoms. The molecule has 1 rings (SSSR count). The number of halogens is 1. The van der Waals surface area contributed by atoms with Gasteiger partial charge in [0.25, 0.3) is 5.91 Å². The Labute approximate surface area is 111 Å². The fourth-order valence-electron chi connectivity index (χ4n) is 1.49. The maximum absolute atomic E-state index is 11.8. The molecule has 0 atom stereocenters. The predicted molar refractivity (Wildman–Crippen MR) is 72.6 cm³/mol. The Bertz CT molecular complexity index is 380. The number of amides is 1. The molecule has 0 radical (unpaired) electrons. The highest BCUT2D eigenvalue weighted by molar-refractivity contribution is 9.10. The molecule has 0 saturated heterocycles. The van der Waals surface area contributed by atoms with Gasteiger partial charge in [-0.2, -0.15) is 0 Å². The molecular formula is C13H18BrNO2. The lowest BCUT2D eigenvalue weighted by Crippen LogP contribution is -2.24. The lowest BCUT2D eigenvalue weighted by atomic mass is 10.2. The Morgan fingerprint density at radius 1 is 1.41 bits per heavy atom. The number of nitrogens with one attached hydrogen (secondary N) is 1. The largest absolute Gasteiger partial charge is 0.496 e. The predicted octanol–water partition coefficient (Wildman–Crippen LogP) is 3.38. The van der Waals surface area contributed by atoms with E-state index in [1.54, 1.807) is 25.3 Å². The van der Waals surface area contributed by atoms with E-state index in [0.29, 0.717) is 5.56 Å². The zero-order chi connectivity index (χ0) is 12.7. The fourth-order valence-corrected chi connectivity index (χ4v) is 2.03. The molecule has 94 valence electrons. The number of carbonyl (C=O) groups excluding carboxylic acids is 1. The maximum Gasteiger partial charge on any atom is 0.251 e. The molecule has 4 heteroatoms. The molecule has 0 aromatic heterocycles. The van der Waals surface area contributed by atoms with Gasteiger partial charge in [-0.25, -0.2) is 0 Å². The summed E-state index contributed by atoms with van der Waals surface area (Å²) in [6.07, 6.45) is 3.33. The van der Waals surface area contributed by atoms with E-state index in [1.165, 1.54) is 0 Å². The average molecular weight is 300 g/mol. The van der Waals surface area contributed by atoms with Crippen LogP contribution in [0.4, 0.5) is 0 Å². The number of rotatable bonds is 6. The summed E-state index contributed by atoms with van der Waals surface area (Å²) in [6.45, 7) is 2.87. The summed E-state index contributed by atoms with van der Waals surface area (Å²) in [5.74, 6) is 0.692. The number of methoxy groups -OCH3 is 1. The van der Waals surface area contributed by atoms with E-state index in [2.05, 4.69) is 28.2 Å². The molecule has 0 aliphatic carbocycles. The molecule has 0 saturated carbocycles. The van der Waals surface area contributed by atoms with E-state index >= 15 is 0 Å². The highest BCUT2D eigenvalue weighted by Gasteiger charge is 2.07. The first-order chi connectivity index (χ1) is 8.19. The normalized spacial score (nSPS) is 10.1. The molecule has 3 nitrogen and oxygen atoms in total. The smallest absolute Gasteiger partial charge is 0.251 e. The van der Waals surface area contributed by atoms with Crippen LogP contribution in [-0.4, -0.2) is 19.6 Å². The Morgan fingerprint density at radius 2 is 2.18 bits per heavy atom. The lowest BCUT2D eigenvalue weighted by Gasteiger charge is -2.07. The molecule has 0 unspecified atom stereocenters. The summed E-state index contributed by atoms with van der Waals surface area (Å²) >= 11 is 3.36. The minimum absolute atomic E-state index is 0.0375. The van der Waals surface area contributed by atoms with Crippen molar-refractivity contribution in [2.24, 2.45) is 0 Å². The van der Waals surface area contributed by atoms with Gasteiger partial charge in [0.05, 0.1) is 11.6 Å². The van der Waals surface area contributed by atoms with Gasteiger partial charge in [-0.3, -0.25) is 4.79 Å². The highest BCUT2D eigenvalue weighted by atomic mass is 79.9. The lowest BCUT2D eigenvalue weighted by molar-refractivity contribution is 0.0953. The molecule has 0 heterocycles. The number of benzene rings is 1. The molecule has 0 fully saturated rings. The Hall–Kier alpha value is -1.03. The van der Waals surface area contributed by atoms with Crippen molar-refractivity contribution < 1.29 is 9.53 Å². The van der Waals surface area contributed by atoms with Crippen molar-refractivity contribution >= 4 is 21.8 Å². The number of hydrogen-bond acceptors (Lipinski definition) is 2.